The number of ether oxygens (including phenoxy) is 2. The van der Waals surface area contributed by atoms with Crippen LogP contribution in [0, 0.1) is 23.4 Å². The number of benzene rings is 3. The molecular weight excluding hydrogens is 465 g/mol. The fourth-order valence-electron chi connectivity index (χ4n) is 4.81. The first kappa shape index (κ1) is 25.8. The summed E-state index contributed by atoms with van der Waals surface area (Å²) in [6.07, 6.45) is 4.28. The van der Waals surface area contributed by atoms with Gasteiger partial charge in [0.05, 0.1) is 6.10 Å². The summed E-state index contributed by atoms with van der Waals surface area (Å²) in [5, 5.41) is 9.79. The summed E-state index contributed by atoms with van der Waals surface area (Å²) >= 11 is 0. The zero-order valence-corrected chi connectivity index (χ0v) is 20.4. The molecule has 0 aliphatic heterocycles. The highest BCUT2D eigenvalue weighted by Gasteiger charge is 2.28. The van der Waals surface area contributed by atoms with Gasteiger partial charge in [-0.15, -0.1) is 0 Å². The monoisotopic (exact) mass is 496 g/mol. The van der Waals surface area contributed by atoms with E-state index in [4.69, 9.17) is 9.47 Å². The van der Waals surface area contributed by atoms with Crippen molar-refractivity contribution in [2.75, 3.05) is 6.61 Å². The smallest absolute Gasteiger partial charge is 0.166 e. The Labute approximate surface area is 210 Å². The fraction of sp³-hybridized carbons (Fsp3) is 0.333. The van der Waals surface area contributed by atoms with E-state index in [1.54, 1.807) is 61.5 Å². The van der Waals surface area contributed by atoms with E-state index in [0.717, 1.165) is 25.7 Å². The average molecular weight is 497 g/mol. The first-order valence-corrected chi connectivity index (χ1v) is 12.3. The Hall–Kier alpha value is -3.25. The number of rotatable bonds is 9. The Kier molecular flexibility index (Phi) is 8.36. The second-order valence-corrected chi connectivity index (χ2v) is 9.36. The quantitative estimate of drug-likeness (QED) is 0.311. The minimum atomic E-state index is -0.854. The molecule has 4 rings (SSSR count). The molecule has 0 bridgehead atoms. The third-order valence-electron chi connectivity index (χ3n) is 6.93. The number of halogens is 3. The Balaban J connectivity index is 1.40. The van der Waals surface area contributed by atoms with Crippen molar-refractivity contribution in [3.05, 3.63) is 95.8 Å². The first-order chi connectivity index (χ1) is 17.4. The van der Waals surface area contributed by atoms with Crippen molar-refractivity contribution in [2.24, 2.45) is 5.92 Å². The van der Waals surface area contributed by atoms with Gasteiger partial charge in [0.1, 0.15) is 19.0 Å². The maximum atomic E-state index is 15.0. The molecule has 0 aromatic heterocycles. The lowest BCUT2D eigenvalue weighted by molar-refractivity contribution is 0.0964. The lowest BCUT2D eigenvalue weighted by atomic mass is 9.76. The van der Waals surface area contributed by atoms with Crippen LogP contribution in [0.2, 0.25) is 0 Å². The van der Waals surface area contributed by atoms with Crippen LogP contribution in [0.15, 0.2) is 67.3 Å². The van der Waals surface area contributed by atoms with Crippen LogP contribution in [0.4, 0.5) is 13.2 Å². The van der Waals surface area contributed by atoms with Crippen molar-refractivity contribution in [2.45, 2.75) is 51.2 Å². The van der Waals surface area contributed by atoms with Gasteiger partial charge in [-0.1, -0.05) is 43.0 Å². The van der Waals surface area contributed by atoms with E-state index in [1.165, 1.54) is 6.07 Å². The highest BCUT2D eigenvalue weighted by Crippen LogP contribution is 2.40. The summed E-state index contributed by atoms with van der Waals surface area (Å²) in [5.74, 6) is -1.26. The van der Waals surface area contributed by atoms with Gasteiger partial charge in [0, 0.05) is 5.56 Å². The number of aliphatic hydroxyl groups excluding tert-OH is 1. The molecule has 0 heterocycles. The lowest BCUT2D eigenvalue weighted by Gasteiger charge is -2.30. The minimum Gasteiger partial charge on any atom is -0.489 e. The van der Waals surface area contributed by atoms with Gasteiger partial charge in [0.15, 0.2) is 23.2 Å². The topological polar surface area (TPSA) is 38.7 Å². The maximum Gasteiger partial charge on any atom is 0.166 e. The Morgan fingerprint density at radius 3 is 2.31 bits per heavy atom. The van der Waals surface area contributed by atoms with Crippen LogP contribution < -0.4 is 9.47 Å². The number of aliphatic hydroxyl groups is 1. The summed E-state index contributed by atoms with van der Waals surface area (Å²) < 4.78 is 55.1. The van der Waals surface area contributed by atoms with Crippen molar-refractivity contribution in [3.63, 3.8) is 0 Å². The first-order valence-electron chi connectivity index (χ1n) is 12.3. The maximum absolute atomic E-state index is 15.0. The second-order valence-electron chi connectivity index (χ2n) is 9.36. The molecule has 0 radical (unpaired) electrons. The largest absolute Gasteiger partial charge is 0.489 e. The van der Waals surface area contributed by atoms with E-state index in [0.29, 0.717) is 22.4 Å². The van der Waals surface area contributed by atoms with Crippen molar-refractivity contribution >= 4 is 0 Å². The zero-order chi connectivity index (χ0) is 25.7. The molecule has 1 N–H and O–H groups in total. The van der Waals surface area contributed by atoms with Crippen LogP contribution in [-0.4, -0.2) is 17.8 Å². The molecule has 1 fully saturated rings. The van der Waals surface area contributed by atoms with Crippen LogP contribution in [0.25, 0.3) is 11.1 Å². The molecule has 1 atom stereocenters. The molecule has 36 heavy (non-hydrogen) atoms. The Morgan fingerprint density at radius 1 is 0.944 bits per heavy atom. The van der Waals surface area contributed by atoms with Gasteiger partial charge in [-0.05, 0) is 85.4 Å². The molecule has 1 unspecified atom stereocenters. The standard InChI is InChI=1S/C30H31F3O3/c1-3-16-35-28-15-4-20(17-27(28)31)18-36-24-11-9-23(10-12-24)26-14-13-25(29(32)30(26)33)22-7-5-21(6-8-22)19(2)34/h3-4,9-15,17,19,21-22,34H,1,5-8,16,18H2,2H3. The van der Waals surface area contributed by atoms with E-state index in [1.807, 2.05) is 0 Å². The molecule has 3 nitrogen and oxygen atoms in total. The Bertz CT molecular complexity index is 1180. The van der Waals surface area contributed by atoms with E-state index >= 15 is 8.78 Å². The summed E-state index contributed by atoms with van der Waals surface area (Å²) in [6, 6.07) is 14.6. The van der Waals surface area contributed by atoms with Crippen LogP contribution in [0.3, 0.4) is 0 Å². The minimum absolute atomic E-state index is 0.0354. The average Bonchev–Trinajstić information content (AvgIpc) is 2.89. The van der Waals surface area contributed by atoms with Gasteiger partial charge in [-0.2, -0.15) is 0 Å². The molecule has 0 spiro atoms. The van der Waals surface area contributed by atoms with E-state index in [2.05, 4.69) is 6.58 Å². The van der Waals surface area contributed by atoms with Crippen molar-refractivity contribution in [1.82, 2.24) is 0 Å². The molecule has 3 aromatic rings. The Morgan fingerprint density at radius 2 is 1.67 bits per heavy atom. The molecule has 6 heteroatoms. The molecule has 0 saturated heterocycles. The summed E-state index contributed by atoms with van der Waals surface area (Å²) in [5.41, 5.74) is 1.78. The summed E-state index contributed by atoms with van der Waals surface area (Å²) in [4.78, 5) is 0. The van der Waals surface area contributed by atoms with Gasteiger partial charge >= 0.3 is 0 Å². The van der Waals surface area contributed by atoms with Gasteiger partial charge in [-0.25, -0.2) is 13.2 Å². The van der Waals surface area contributed by atoms with Crippen molar-refractivity contribution in [1.29, 1.82) is 0 Å². The third kappa shape index (κ3) is 5.93. The molecule has 1 saturated carbocycles. The summed E-state index contributed by atoms with van der Waals surface area (Å²) in [6.45, 7) is 5.69. The molecule has 3 aromatic carbocycles. The number of hydrogen-bond acceptors (Lipinski definition) is 3. The van der Waals surface area contributed by atoms with E-state index < -0.39 is 17.5 Å². The van der Waals surface area contributed by atoms with Gasteiger partial charge < -0.3 is 14.6 Å². The van der Waals surface area contributed by atoms with E-state index in [9.17, 15) is 9.50 Å². The SMILES string of the molecule is C=CCOc1ccc(COc2ccc(-c3ccc(C4CCC(C(C)O)CC4)c(F)c3F)cc2)cc1F. The number of hydrogen-bond donors (Lipinski definition) is 1. The van der Waals surface area contributed by atoms with Crippen molar-refractivity contribution in [3.8, 4) is 22.6 Å². The van der Waals surface area contributed by atoms with Gasteiger partial charge in [0.25, 0.3) is 0 Å². The fourth-order valence-corrected chi connectivity index (χ4v) is 4.81. The predicted octanol–water partition coefficient (Wildman–Crippen LogP) is 7.57. The van der Waals surface area contributed by atoms with Gasteiger partial charge in [0.2, 0.25) is 0 Å². The molecule has 1 aliphatic rings. The van der Waals surface area contributed by atoms with Crippen LogP contribution in [-0.2, 0) is 6.61 Å². The van der Waals surface area contributed by atoms with E-state index in [-0.39, 0.29) is 42.5 Å². The molecule has 1 aliphatic carbocycles. The predicted molar refractivity (Wildman–Crippen MR) is 135 cm³/mol. The third-order valence-corrected chi connectivity index (χ3v) is 6.93. The molecular formula is C30H31F3O3. The van der Waals surface area contributed by atoms with Crippen LogP contribution >= 0.6 is 0 Å². The van der Waals surface area contributed by atoms with Gasteiger partial charge in [-0.3, -0.25) is 0 Å². The highest BCUT2D eigenvalue weighted by atomic mass is 19.2. The normalized spacial score (nSPS) is 18.5. The second kappa shape index (κ2) is 11.7. The molecule has 0 amide bonds. The lowest BCUT2D eigenvalue weighted by Crippen LogP contribution is -2.23. The zero-order valence-electron chi connectivity index (χ0n) is 20.4. The van der Waals surface area contributed by atoms with Crippen LogP contribution in [0.5, 0.6) is 11.5 Å². The molecule has 190 valence electrons. The van der Waals surface area contributed by atoms with Crippen LogP contribution in [0.1, 0.15) is 49.7 Å². The summed E-state index contributed by atoms with van der Waals surface area (Å²) in [7, 11) is 0. The van der Waals surface area contributed by atoms with Crippen molar-refractivity contribution < 1.29 is 27.8 Å². The highest BCUT2D eigenvalue weighted by molar-refractivity contribution is 5.65.